The van der Waals surface area contributed by atoms with Crippen LogP contribution < -0.4 is 5.32 Å². The van der Waals surface area contributed by atoms with E-state index in [0.717, 1.165) is 30.6 Å². The zero-order chi connectivity index (χ0) is 20.3. The number of aliphatic hydroxyl groups is 1. The number of rotatable bonds is 10. The van der Waals surface area contributed by atoms with Crippen molar-refractivity contribution in [2.24, 2.45) is 0 Å². The summed E-state index contributed by atoms with van der Waals surface area (Å²) >= 11 is 0. The summed E-state index contributed by atoms with van der Waals surface area (Å²) in [6, 6.07) is 28.3. The number of anilines is 1. The van der Waals surface area contributed by atoms with Crippen molar-refractivity contribution in [3.05, 3.63) is 102 Å². The molecule has 4 heteroatoms. The molecule has 0 spiro atoms. The second kappa shape index (κ2) is 11.1. The molecule has 2 N–H and O–H groups in total. The van der Waals surface area contributed by atoms with Crippen molar-refractivity contribution in [2.75, 3.05) is 31.6 Å². The highest BCUT2D eigenvalue weighted by Crippen LogP contribution is 2.19. The van der Waals surface area contributed by atoms with Crippen LogP contribution in [0.2, 0.25) is 0 Å². The van der Waals surface area contributed by atoms with Crippen molar-refractivity contribution < 1.29 is 9.90 Å². The van der Waals surface area contributed by atoms with Crippen LogP contribution in [0.15, 0.2) is 84.9 Å². The third kappa shape index (κ3) is 6.86. The van der Waals surface area contributed by atoms with Gasteiger partial charge in [-0.15, -0.1) is 0 Å². The van der Waals surface area contributed by atoms with Gasteiger partial charge in [0.15, 0.2) is 0 Å². The van der Waals surface area contributed by atoms with Crippen molar-refractivity contribution >= 4 is 11.6 Å². The Balaban J connectivity index is 1.59. The normalized spacial score (nSPS) is 10.8. The molecule has 0 fully saturated rings. The molecule has 0 aliphatic carbocycles. The maximum Gasteiger partial charge on any atom is 0.238 e. The maximum absolute atomic E-state index is 12.7. The van der Waals surface area contributed by atoms with Gasteiger partial charge in [-0.2, -0.15) is 0 Å². The van der Waals surface area contributed by atoms with E-state index in [0.29, 0.717) is 6.54 Å². The van der Waals surface area contributed by atoms with Crippen LogP contribution in [-0.4, -0.2) is 42.2 Å². The third-order valence-electron chi connectivity index (χ3n) is 4.87. The minimum Gasteiger partial charge on any atom is -0.395 e. The van der Waals surface area contributed by atoms with Crippen molar-refractivity contribution in [2.45, 2.75) is 12.8 Å². The predicted octanol–water partition coefficient (Wildman–Crippen LogP) is 3.75. The summed E-state index contributed by atoms with van der Waals surface area (Å²) in [4.78, 5) is 14.7. The molecule has 1 amide bonds. The van der Waals surface area contributed by atoms with Gasteiger partial charge in [-0.3, -0.25) is 9.69 Å². The summed E-state index contributed by atoms with van der Waals surface area (Å²) < 4.78 is 0. The summed E-state index contributed by atoms with van der Waals surface area (Å²) in [6.07, 6.45) is 1.62. The van der Waals surface area contributed by atoms with Gasteiger partial charge in [0.2, 0.25) is 5.91 Å². The average molecular weight is 389 g/mol. The Bertz CT molecular complexity index is 882. The van der Waals surface area contributed by atoms with Crippen LogP contribution in [0.25, 0.3) is 0 Å². The van der Waals surface area contributed by atoms with E-state index >= 15 is 0 Å². The lowest BCUT2D eigenvalue weighted by atomic mass is 10.0. The fraction of sp³-hybridized carbons (Fsp3) is 0.240. The minimum atomic E-state index is -0.0629. The van der Waals surface area contributed by atoms with Crippen LogP contribution in [-0.2, 0) is 17.6 Å². The maximum atomic E-state index is 12.7. The quantitative estimate of drug-likeness (QED) is 0.556. The van der Waals surface area contributed by atoms with E-state index in [1.807, 2.05) is 65.6 Å². The first-order valence-corrected chi connectivity index (χ1v) is 10.0. The molecule has 0 saturated heterocycles. The molecule has 0 unspecified atom stereocenters. The summed E-state index contributed by atoms with van der Waals surface area (Å²) in [5.74, 6) is -0.0629. The standard InChI is InChI=1S/C25H28N2O2/c28-18-17-27(16-15-21-9-3-1-4-10-21)20-25(29)26-24-14-8-7-13-23(24)19-22-11-5-2-6-12-22/h1-14,28H,15-20H2,(H,26,29). The lowest BCUT2D eigenvalue weighted by Crippen LogP contribution is -2.36. The SMILES string of the molecule is O=C(CN(CCO)CCc1ccccc1)Nc1ccccc1Cc1ccccc1. The van der Waals surface area contributed by atoms with Gasteiger partial charge in [0, 0.05) is 18.8 Å². The van der Waals surface area contributed by atoms with Gasteiger partial charge < -0.3 is 10.4 Å². The van der Waals surface area contributed by atoms with Crippen LogP contribution in [0.3, 0.4) is 0 Å². The molecule has 3 rings (SSSR count). The molecule has 0 atom stereocenters. The smallest absolute Gasteiger partial charge is 0.238 e. The first-order chi connectivity index (χ1) is 14.2. The van der Waals surface area contributed by atoms with Gasteiger partial charge in [-0.1, -0.05) is 78.9 Å². The Labute approximate surface area is 172 Å². The second-order valence-corrected chi connectivity index (χ2v) is 7.10. The van der Waals surface area contributed by atoms with Crippen molar-refractivity contribution in [3.8, 4) is 0 Å². The molecule has 0 aliphatic heterocycles. The molecule has 0 radical (unpaired) electrons. The molecule has 29 heavy (non-hydrogen) atoms. The Morgan fingerprint density at radius 2 is 1.41 bits per heavy atom. The molecule has 0 aromatic heterocycles. The van der Waals surface area contributed by atoms with E-state index in [4.69, 9.17) is 0 Å². The highest BCUT2D eigenvalue weighted by molar-refractivity contribution is 5.93. The van der Waals surface area contributed by atoms with Gasteiger partial charge in [0.25, 0.3) is 0 Å². The van der Waals surface area contributed by atoms with E-state index in [-0.39, 0.29) is 19.1 Å². The number of nitrogens with one attached hydrogen (secondary N) is 1. The first kappa shape index (κ1) is 20.8. The molecular weight excluding hydrogens is 360 g/mol. The van der Waals surface area contributed by atoms with E-state index < -0.39 is 0 Å². The van der Waals surface area contributed by atoms with Crippen LogP contribution in [0.4, 0.5) is 5.69 Å². The minimum absolute atomic E-state index is 0.0344. The molecule has 0 heterocycles. The number of nitrogens with zero attached hydrogens (tertiary/aromatic N) is 1. The van der Waals surface area contributed by atoms with E-state index in [9.17, 15) is 9.90 Å². The number of benzene rings is 3. The van der Waals surface area contributed by atoms with E-state index in [1.165, 1.54) is 11.1 Å². The molecule has 0 saturated carbocycles. The average Bonchev–Trinajstić information content (AvgIpc) is 2.75. The van der Waals surface area contributed by atoms with E-state index in [1.54, 1.807) is 0 Å². The molecular formula is C25H28N2O2. The highest BCUT2D eigenvalue weighted by Gasteiger charge is 2.12. The van der Waals surface area contributed by atoms with Crippen molar-refractivity contribution in [1.29, 1.82) is 0 Å². The van der Waals surface area contributed by atoms with E-state index in [2.05, 4.69) is 29.6 Å². The number of carbonyl (C=O) groups excluding carboxylic acids is 1. The number of carbonyl (C=O) groups is 1. The summed E-state index contributed by atoms with van der Waals surface area (Å²) in [5.41, 5.74) is 4.36. The van der Waals surface area contributed by atoms with Gasteiger partial charge >= 0.3 is 0 Å². The second-order valence-electron chi connectivity index (χ2n) is 7.10. The Hall–Kier alpha value is -2.95. The fourth-order valence-electron chi connectivity index (χ4n) is 3.35. The van der Waals surface area contributed by atoms with Crippen LogP contribution in [0, 0.1) is 0 Å². The molecule has 0 bridgehead atoms. The van der Waals surface area contributed by atoms with Gasteiger partial charge in [0.05, 0.1) is 13.2 Å². The number of hydrogen-bond donors (Lipinski definition) is 2. The number of para-hydroxylation sites is 1. The third-order valence-corrected chi connectivity index (χ3v) is 4.87. The zero-order valence-electron chi connectivity index (χ0n) is 16.6. The lowest BCUT2D eigenvalue weighted by molar-refractivity contribution is -0.117. The molecule has 0 aliphatic rings. The van der Waals surface area contributed by atoms with Crippen LogP contribution in [0.1, 0.15) is 16.7 Å². The van der Waals surface area contributed by atoms with Crippen LogP contribution in [0.5, 0.6) is 0 Å². The monoisotopic (exact) mass is 388 g/mol. The van der Waals surface area contributed by atoms with Crippen LogP contribution >= 0.6 is 0 Å². The molecule has 3 aromatic carbocycles. The molecule has 150 valence electrons. The molecule has 4 nitrogen and oxygen atoms in total. The Morgan fingerprint density at radius 3 is 2.10 bits per heavy atom. The van der Waals surface area contributed by atoms with Gasteiger partial charge in [0.1, 0.15) is 0 Å². The molecule has 3 aromatic rings. The highest BCUT2D eigenvalue weighted by atomic mass is 16.3. The zero-order valence-corrected chi connectivity index (χ0v) is 16.6. The van der Waals surface area contributed by atoms with Gasteiger partial charge in [-0.05, 0) is 35.6 Å². The number of amides is 1. The largest absolute Gasteiger partial charge is 0.395 e. The first-order valence-electron chi connectivity index (χ1n) is 10.0. The van der Waals surface area contributed by atoms with Crippen molar-refractivity contribution in [1.82, 2.24) is 4.90 Å². The van der Waals surface area contributed by atoms with Crippen molar-refractivity contribution in [3.63, 3.8) is 0 Å². The summed E-state index contributed by atoms with van der Waals surface area (Å²) in [6.45, 7) is 1.50. The predicted molar refractivity (Wildman–Crippen MR) is 118 cm³/mol. The Morgan fingerprint density at radius 1 is 0.793 bits per heavy atom. The summed E-state index contributed by atoms with van der Waals surface area (Å²) in [5, 5.41) is 12.4. The number of hydrogen-bond acceptors (Lipinski definition) is 3. The topological polar surface area (TPSA) is 52.6 Å². The van der Waals surface area contributed by atoms with Gasteiger partial charge in [-0.25, -0.2) is 0 Å². The lowest BCUT2D eigenvalue weighted by Gasteiger charge is -2.21. The fourth-order valence-corrected chi connectivity index (χ4v) is 3.35. The number of aliphatic hydroxyl groups excluding tert-OH is 1. The summed E-state index contributed by atoms with van der Waals surface area (Å²) in [7, 11) is 0. The Kier molecular flexibility index (Phi) is 7.99.